The van der Waals surface area contributed by atoms with E-state index in [0.717, 1.165) is 23.8 Å². The average Bonchev–Trinajstić information content (AvgIpc) is 2.15. The molecule has 0 amide bonds. The van der Waals surface area contributed by atoms with E-state index in [9.17, 15) is 4.79 Å². The van der Waals surface area contributed by atoms with E-state index < -0.39 is 0 Å². The van der Waals surface area contributed by atoms with Gasteiger partial charge in [-0.1, -0.05) is 31.5 Å². The second kappa shape index (κ2) is 4.80. The van der Waals surface area contributed by atoms with Gasteiger partial charge in [-0.05, 0) is 30.9 Å². The van der Waals surface area contributed by atoms with Crippen molar-refractivity contribution in [2.45, 2.75) is 33.1 Å². The molecule has 0 aliphatic carbocycles. The highest BCUT2D eigenvalue weighted by Crippen LogP contribution is 2.11. The highest BCUT2D eigenvalue weighted by molar-refractivity contribution is 5.77. The van der Waals surface area contributed by atoms with Gasteiger partial charge in [0.05, 0.1) is 0 Å². The number of aryl methyl sites for hydroxylation is 2. The molecule has 0 aliphatic rings. The Morgan fingerprint density at radius 3 is 2.69 bits per heavy atom. The molecular weight excluding hydrogens is 160 g/mol. The minimum Gasteiger partial charge on any atom is -0.298 e. The second-order valence-corrected chi connectivity index (χ2v) is 3.41. The zero-order chi connectivity index (χ0) is 9.68. The number of rotatable bonds is 4. The fourth-order valence-electron chi connectivity index (χ4n) is 1.41. The summed E-state index contributed by atoms with van der Waals surface area (Å²) in [5, 5.41) is 0. The zero-order valence-electron chi connectivity index (χ0n) is 8.34. The number of aldehydes is 1. The van der Waals surface area contributed by atoms with Crippen LogP contribution in [-0.2, 0) is 6.42 Å². The molecule has 1 aromatic carbocycles. The molecule has 1 rings (SSSR count). The molecule has 1 nitrogen and oxygen atoms in total. The lowest BCUT2D eigenvalue weighted by Crippen LogP contribution is -1.90. The van der Waals surface area contributed by atoms with Gasteiger partial charge >= 0.3 is 0 Å². The summed E-state index contributed by atoms with van der Waals surface area (Å²) in [4.78, 5) is 10.6. The molecule has 0 bridgehead atoms. The first-order valence-corrected chi connectivity index (χ1v) is 4.82. The third kappa shape index (κ3) is 2.69. The van der Waals surface area contributed by atoms with Crippen molar-refractivity contribution >= 4 is 6.29 Å². The van der Waals surface area contributed by atoms with E-state index in [1.165, 1.54) is 18.4 Å². The van der Waals surface area contributed by atoms with E-state index >= 15 is 0 Å². The van der Waals surface area contributed by atoms with Crippen molar-refractivity contribution in [2.75, 3.05) is 0 Å². The maximum Gasteiger partial charge on any atom is 0.150 e. The predicted octanol–water partition coefficient (Wildman–Crippen LogP) is 3.15. The van der Waals surface area contributed by atoms with Crippen LogP contribution in [0.15, 0.2) is 18.2 Å². The van der Waals surface area contributed by atoms with Gasteiger partial charge < -0.3 is 0 Å². The first-order chi connectivity index (χ1) is 6.27. The van der Waals surface area contributed by atoms with Crippen LogP contribution in [0.5, 0.6) is 0 Å². The van der Waals surface area contributed by atoms with Crippen molar-refractivity contribution < 1.29 is 4.79 Å². The number of benzene rings is 1. The molecule has 0 aromatic heterocycles. The highest BCUT2D eigenvalue weighted by atomic mass is 16.1. The minimum atomic E-state index is 0.806. The highest BCUT2D eigenvalue weighted by Gasteiger charge is 1.98. The van der Waals surface area contributed by atoms with Gasteiger partial charge in [0.15, 0.2) is 0 Å². The van der Waals surface area contributed by atoms with Gasteiger partial charge in [0.1, 0.15) is 6.29 Å². The SMILES string of the molecule is CCCCc1ccc(C=O)c(C)c1. The summed E-state index contributed by atoms with van der Waals surface area (Å²) in [5.74, 6) is 0. The molecule has 0 spiro atoms. The van der Waals surface area contributed by atoms with Crippen LogP contribution in [0, 0.1) is 6.92 Å². The lowest BCUT2D eigenvalue weighted by molar-refractivity contribution is 0.112. The average molecular weight is 176 g/mol. The minimum absolute atomic E-state index is 0.806. The Bertz CT molecular complexity index is 289. The molecule has 0 saturated heterocycles. The predicted molar refractivity (Wildman–Crippen MR) is 55.2 cm³/mol. The third-order valence-corrected chi connectivity index (χ3v) is 2.28. The standard InChI is InChI=1S/C12H16O/c1-3-4-5-11-6-7-12(9-13)10(2)8-11/h6-9H,3-5H2,1-2H3. The first kappa shape index (κ1) is 9.97. The van der Waals surface area contributed by atoms with Crippen LogP contribution in [0.3, 0.4) is 0 Å². The van der Waals surface area contributed by atoms with Gasteiger partial charge in [0.25, 0.3) is 0 Å². The van der Waals surface area contributed by atoms with Crippen molar-refractivity contribution in [1.82, 2.24) is 0 Å². The van der Waals surface area contributed by atoms with Gasteiger partial charge in [-0.15, -0.1) is 0 Å². The molecule has 1 aromatic rings. The van der Waals surface area contributed by atoms with Gasteiger partial charge in [-0.25, -0.2) is 0 Å². The molecule has 0 N–H and O–H groups in total. The van der Waals surface area contributed by atoms with Crippen LogP contribution in [-0.4, -0.2) is 6.29 Å². The third-order valence-electron chi connectivity index (χ3n) is 2.28. The molecule has 0 radical (unpaired) electrons. The quantitative estimate of drug-likeness (QED) is 0.644. The maximum atomic E-state index is 10.6. The summed E-state index contributed by atoms with van der Waals surface area (Å²) < 4.78 is 0. The number of carbonyl (C=O) groups excluding carboxylic acids is 1. The van der Waals surface area contributed by atoms with E-state index in [1.54, 1.807) is 0 Å². The van der Waals surface area contributed by atoms with Crippen LogP contribution in [0.2, 0.25) is 0 Å². The smallest absolute Gasteiger partial charge is 0.150 e. The van der Waals surface area contributed by atoms with Crippen LogP contribution in [0.4, 0.5) is 0 Å². The fourth-order valence-corrected chi connectivity index (χ4v) is 1.41. The van der Waals surface area contributed by atoms with E-state index in [-0.39, 0.29) is 0 Å². The van der Waals surface area contributed by atoms with E-state index in [4.69, 9.17) is 0 Å². The van der Waals surface area contributed by atoms with E-state index in [1.807, 2.05) is 19.1 Å². The summed E-state index contributed by atoms with van der Waals surface area (Å²) in [6, 6.07) is 6.07. The lowest BCUT2D eigenvalue weighted by atomic mass is 10.0. The molecule has 0 aliphatic heterocycles. The lowest BCUT2D eigenvalue weighted by Gasteiger charge is -2.03. The molecule has 0 unspecified atom stereocenters. The monoisotopic (exact) mass is 176 g/mol. The summed E-state index contributed by atoms with van der Waals surface area (Å²) in [5.41, 5.74) is 3.23. The number of carbonyl (C=O) groups is 1. The summed E-state index contributed by atoms with van der Waals surface area (Å²) in [7, 11) is 0. The maximum absolute atomic E-state index is 10.6. The van der Waals surface area contributed by atoms with Crippen molar-refractivity contribution in [2.24, 2.45) is 0 Å². The van der Waals surface area contributed by atoms with Crippen molar-refractivity contribution in [3.8, 4) is 0 Å². The zero-order valence-corrected chi connectivity index (χ0v) is 8.34. The van der Waals surface area contributed by atoms with Gasteiger partial charge in [0.2, 0.25) is 0 Å². The number of hydrogen-bond acceptors (Lipinski definition) is 1. The molecule has 0 fully saturated rings. The van der Waals surface area contributed by atoms with Crippen LogP contribution < -0.4 is 0 Å². The van der Waals surface area contributed by atoms with E-state index in [0.29, 0.717) is 0 Å². The summed E-state index contributed by atoms with van der Waals surface area (Å²) in [6.07, 6.45) is 4.48. The summed E-state index contributed by atoms with van der Waals surface area (Å²) in [6.45, 7) is 4.17. The van der Waals surface area contributed by atoms with Gasteiger partial charge in [-0.3, -0.25) is 4.79 Å². The molecule has 0 atom stereocenters. The number of unbranched alkanes of at least 4 members (excludes halogenated alkanes) is 1. The largest absolute Gasteiger partial charge is 0.298 e. The molecule has 1 heteroatoms. The van der Waals surface area contributed by atoms with Gasteiger partial charge in [-0.2, -0.15) is 0 Å². The molecule has 13 heavy (non-hydrogen) atoms. The van der Waals surface area contributed by atoms with Crippen molar-refractivity contribution in [3.63, 3.8) is 0 Å². The topological polar surface area (TPSA) is 17.1 Å². The Morgan fingerprint density at radius 1 is 1.38 bits per heavy atom. The molecular formula is C12H16O. The van der Waals surface area contributed by atoms with Crippen LogP contribution in [0.25, 0.3) is 0 Å². The Hall–Kier alpha value is -1.11. The second-order valence-electron chi connectivity index (χ2n) is 3.41. The van der Waals surface area contributed by atoms with Crippen LogP contribution >= 0.6 is 0 Å². The normalized spacial score (nSPS) is 10.0. The molecule has 70 valence electrons. The Morgan fingerprint density at radius 2 is 2.15 bits per heavy atom. The van der Waals surface area contributed by atoms with Crippen LogP contribution in [0.1, 0.15) is 41.3 Å². The molecule has 0 heterocycles. The Labute approximate surface area is 79.8 Å². The first-order valence-electron chi connectivity index (χ1n) is 4.82. The number of hydrogen-bond donors (Lipinski definition) is 0. The van der Waals surface area contributed by atoms with Gasteiger partial charge in [0, 0.05) is 5.56 Å². The fraction of sp³-hybridized carbons (Fsp3) is 0.417. The summed E-state index contributed by atoms with van der Waals surface area (Å²) >= 11 is 0. The molecule has 0 saturated carbocycles. The van der Waals surface area contributed by atoms with Crippen molar-refractivity contribution in [1.29, 1.82) is 0 Å². The Kier molecular flexibility index (Phi) is 3.69. The van der Waals surface area contributed by atoms with E-state index in [2.05, 4.69) is 13.0 Å². The van der Waals surface area contributed by atoms with Crippen molar-refractivity contribution in [3.05, 3.63) is 34.9 Å². The Balaban J connectivity index is 2.77.